The maximum Gasteiger partial charge on any atom is 0.348 e. The van der Waals surface area contributed by atoms with Crippen molar-refractivity contribution in [1.29, 1.82) is 0 Å². The maximum atomic E-state index is 12.9. The maximum absolute atomic E-state index is 12.9. The Morgan fingerprint density at radius 1 is 1.28 bits per heavy atom. The molecule has 4 rings (SSSR count). The van der Waals surface area contributed by atoms with Gasteiger partial charge in [-0.3, -0.25) is 9.36 Å². The van der Waals surface area contributed by atoms with E-state index in [0.717, 1.165) is 16.9 Å². The second-order valence-electron chi connectivity index (χ2n) is 6.14. The summed E-state index contributed by atoms with van der Waals surface area (Å²) in [6.45, 7) is 3.77. The number of ether oxygens (including phenoxy) is 1. The van der Waals surface area contributed by atoms with Crippen LogP contribution in [-0.2, 0) is 11.3 Å². The van der Waals surface area contributed by atoms with Crippen molar-refractivity contribution in [2.75, 3.05) is 6.61 Å². The summed E-state index contributed by atoms with van der Waals surface area (Å²) < 4.78 is 12.1. The van der Waals surface area contributed by atoms with Gasteiger partial charge in [-0.2, -0.15) is 0 Å². The molecule has 0 saturated heterocycles. The molecule has 3 heterocycles. The predicted molar refractivity (Wildman–Crippen MR) is 108 cm³/mol. The number of esters is 1. The molecule has 0 radical (unpaired) electrons. The van der Waals surface area contributed by atoms with Crippen molar-refractivity contribution < 1.29 is 13.9 Å². The second-order valence-corrected chi connectivity index (χ2v) is 7.58. The minimum Gasteiger partial charge on any atom is -0.462 e. The van der Waals surface area contributed by atoms with E-state index >= 15 is 0 Å². The van der Waals surface area contributed by atoms with Gasteiger partial charge in [-0.1, -0.05) is 11.6 Å². The van der Waals surface area contributed by atoms with Crippen LogP contribution < -0.4 is 5.56 Å². The molecule has 0 bridgehead atoms. The summed E-state index contributed by atoms with van der Waals surface area (Å²) in [5.41, 5.74) is 0.995. The molecule has 29 heavy (non-hydrogen) atoms. The van der Waals surface area contributed by atoms with E-state index in [-0.39, 0.29) is 24.6 Å². The third-order valence-electron chi connectivity index (χ3n) is 4.24. The van der Waals surface area contributed by atoms with Crippen molar-refractivity contribution in [2.24, 2.45) is 0 Å². The number of carbonyl (C=O) groups is 1. The highest BCUT2D eigenvalue weighted by molar-refractivity contribution is 7.20. The molecule has 0 spiro atoms. The molecule has 0 atom stereocenters. The molecule has 0 fully saturated rings. The van der Waals surface area contributed by atoms with E-state index in [4.69, 9.17) is 20.8 Å². The summed E-state index contributed by atoms with van der Waals surface area (Å²) >= 11 is 7.03. The lowest BCUT2D eigenvalue weighted by molar-refractivity contribution is 0.0531. The average molecular weight is 431 g/mol. The molecule has 3 aromatic heterocycles. The summed E-state index contributed by atoms with van der Waals surface area (Å²) in [6.07, 6.45) is 1.40. The van der Waals surface area contributed by atoms with E-state index in [0.29, 0.717) is 31.6 Å². The Hall–Kier alpha value is -3.04. The van der Waals surface area contributed by atoms with Crippen molar-refractivity contribution >= 4 is 39.1 Å². The number of aromatic nitrogens is 4. The minimum atomic E-state index is -0.455. The van der Waals surface area contributed by atoms with Crippen LogP contribution in [0.1, 0.15) is 28.0 Å². The van der Waals surface area contributed by atoms with Gasteiger partial charge < -0.3 is 9.15 Å². The third kappa shape index (κ3) is 3.66. The van der Waals surface area contributed by atoms with Crippen LogP contribution in [-0.4, -0.2) is 32.3 Å². The highest BCUT2D eigenvalue weighted by Crippen LogP contribution is 2.27. The quantitative estimate of drug-likeness (QED) is 0.445. The van der Waals surface area contributed by atoms with Gasteiger partial charge in [-0.25, -0.2) is 9.78 Å². The van der Waals surface area contributed by atoms with Crippen LogP contribution in [0.3, 0.4) is 0 Å². The molecule has 148 valence electrons. The Labute approximate surface area is 173 Å². The smallest absolute Gasteiger partial charge is 0.348 e. The van der Waals surface area contributed by atoms with Crippen molar-refractivity contribution in [3.8, 4) is 11.5 Å². The van der Waals surface area contributed by atoms with Crippen LogP contribution in [0.5, 0.6) is 0 Å². The average Bonchev–Trinajstić information content (AvgIpc) is 3.30. The van der Waals surface area contributed by atoms with Crippen molar-refractivity contribution in [1.82, 2.24) is 19.7 Å². The van der Waals surface area contributed by atoms with Crippen molar-refractivity contribution in [2.45, 2.75) is 20.4 Å². The highest BCUT2D eigenvalue weighted by Gasteiger charge is 2.21. The molecule has 1 aromatic carbocycles. The van der Waals surface area contributed by atoms with E-state index in [2.05, 4.69) is 15.2 Å². The number of hydrogen-bond acceptors (Lipinski definition) is 8. The van der Waals surface area contributed by atoms with Gasteiger partial charge in [0.2, 0.25) is 11.8 Å². The lowest BCUT2D eigenvalue weighted by Crippen LogP contribution is -2.21. The molecule has 0 unspecified atom stereocenters. The standard InChI is InChI=1S/C19H15ClN4O4S/c1-3-27-19(26)15-10(2)14-17(29-15)21-9-24(18(14)25)8-13-22-23-16(28-13)11-4-6-12(20)7-5-11/h4-7,9H,3,8H2,1-2H3. The molecule has 0 aliphatic rings. The molecule has 0 amide bonds. The number of thiophene rings is 1. The van der Waals surface area contributed by atoms with Crippen LogP contribution in [0.25, 0.3) is 21.7 Å². The zero-order valence-electron chi connectivity index (χ0n) is 15.5. The van der Waals surface area contributed by atoms with E-state index in [1.807, 2.05) is 0 Å². The molecule has 4 aromatic rings. The van der Waals surface area contributed by atoms with E-state index in [9.17, 15) is 9.59 Å². The van der Waals surface area contributed by atoms with Crippen LogP contribution in [0, 0.1) is 6.92 Å². The van der Waals surface area contributed by atoms with Gasteiger partial charge in [0.1, 0.15) is 16.3 Å². The summed E-state index contributed by atoms with van der Waals surface area (Å²) in [4.78, 5) is 30.2. The molecule has 0 saturated carbocycles. The fourth-order valence-corrected chi connectivity index (χ4v) is 3.99. The molecular weight excluding hydrogens is 416 g/mol. The lowest BCUT2D eigenvalue weighted by Gasteiger charge is -2.02. The van der Waals surface area contributed by atoms with Crippen LogP contribution in [0.4, 0.5) is 0 Å². The summed E-state index contributed by atoms with van der Waals surface area (Å²) in [5.74, 6) is 0.134. The fourth-order valence-electron chi connectivity index (χ4n) is 2.84. The van der Waals surface area contributed by atoms with Gasteiger partial charge in [-0.15, -0.1) is 21.5 Å². The van der Waals surface area contributed by atoms with Crippen molar-refractivity contribution in [3.05, 3.63) is 62.3 Å². The van der Waals surface area contributed by atoms with E-state index in [1.165, 1.54) is 10.9 Å². The van der Waals surface area contributed by atoms with Gasteiger partial charge in [0.15, 0.2) is 0 Å². The molecule has 0 aliphatic heterocycles. The van der Waals surface area contributed by atoms with Gasteiger partial charge >= 0.3 is 5.97 Å². The molecule has 0 aliphatic carbocycles. The van der Waals surface area contributed by atoms with Crippen LogP contribution in [0.2, 0.25) is 5.02 Å². The Balaban J connectivity index is 1.66. The first-order valence-electron chi connectivity index (χ1n) is 8.72. The second kappa shape index (κ2) is 7.76. The third-order valence-corrected chi connectivity index (χ3v) is 5.67. The van der Waals surface area contributed by atoms with Gasteiger partial charge in [0.05, 0.1) is 18.3 Å². The topological polar surface area (TPSA) is 100 Å². The monoisotopic (exact) mass is 430 g/mol. The number of fused-ring (bicyclic) bond motifs is 1. The minimum absolute atomic E-state index is 0.0619. The lowest BCUT2D eigenvalue weighted by atomic mass is 10.2. The van der Waals surface area contributed by atoms with E-state index < -0.39 is 5.97 Å². The first kappa shape index (κ1) is 19.3. The van der Waals surface area contributed by atoms with E-state index in [1.54, 1.807) is 38.1 Å². The largest absolute Gasteiger partial charge is 0.462 e. The first-order chi connectivity index (χ1) is 14.0. The summed E-state index contributed by atoms with van der Waals surface area (Å²) in [5, 5.41) is 9.01. The zero-order chi connectivity index (χ0) is 20.5. The Bertz CT molecular complexity index is 1260. The SMILES string of the molecule is CCOC(=O)c1sc2ncn(Cc3nnc(-c4ccc(Cl)cc4)o3)c(=O)c2c1C. The molecular formula is C19H15ClN4O4S. The Kier molecular flexibility index (Phi) is 5.16. The predicted octanol–water partition coefficient (Wildman–Crippen LogP) is 3.69. The number of benzene rings is 1. The molecule has 0 N–H and O–H groups in total. The molecule has 10 heteroatoms. The Morgan fingerprint density at radius 3 is 2.76 bits per heavy atom. The number of nitrogens with zero attached hydrogens (tertiary/aromatic N) is 4. The normalized spacial score (nSPS) is 11.1. The fraction of sp³-hybridized carbons (Fsp3) is 0.211. The van der Waals surface area contributed by atoms with Gasteiger partial charge in [0.25, 0.3) is 5.56 Å². The van der Waals surface area contributed by atoms with Crippen molar-refractivity contribution in [3.63, 3.8) is 0 Å². The summed E-state index contributed by atoms with van der Waals surface area (Å²) in [7, 11) is 0. The number of hydrogen-bond donors (Lipinski definition) is 0. The first-order valence-corrected chi connectivity index (χ1v) is 9.91. The molecule has 8 nitrogen and oxygen atoms in total. The zero-order valence-corrected chi connectivity index (χ0v) is 17.1. The summed E-state index contributed by atoms with van der Waals surface area (Å²) in [6, 6.07) is 6.99. The number of aryl methyl sites for hydroxylation is 1. The Morgan fingerprint density at radius 2 is 2.03 bits per heavy atom. The number of carbonyl (C=O) groups excluding carboxylic acids is 1. The number of halogens is 1. The van der Waals surface area contributed by atoms with Crippen LogP contribution in [0.15, 0.2) is 39.8 Å². The highest BCUT2D eigenvalue weighted by atomic mass is 35.5. The van der Waals surface area contributed by atoms with Gasteiger partial charge in [-0.05, 0) is 43.7 Å². The number of rotatable bonds is 5. The van der Waals surface area contributed by atoms with Crippen LogP contribution >= 0.6 is 22.9 Å². The van der Waals surface area contributed by atoms with Gasteiger partial charge in [0, 0.05) is 10.6 Å².